The molecule has 2 aromatic carbocycles. The molecule has 0 fully saturated rings. The maximum atomic E-state index is 12.5. The summed E-state index contributed by atoms with van der Waals surface area (Å²) < 4.78 is 3.40. The zero-order chi connectivity index (χ0) is 21.7. The molecule has 156 valence electrons. The second-order valence-electron chi connectivity index (χ2n) is 6.42. The Morgan fingerprint density at radius 3 is 2.63 bits per heavy atom. The minimum atomic E-state index is -0.355. The van der Waals surface area contributed by atoms with Gasteiger partial charge in [0.25, 0.3) is 5.91 Å². The molecule has 0 bridgehead atoms. The van der Waals surface area contributed by atoms with E-state index in [2.05, 4.69) is 52.7 Å². The van der Waals surface area contributed by atoms with Crippen LogP contribution in [0.2, 0.25) is 0 Å². The van der Waals surface area contributed by atoms with Crippen molar-refractivity contribution < 1.29 is 9.59 Å². The molecule has 0 spiro atoms. The molecule has 10 heteroatoms. The van der Waals surface area contributed by atoms with Gasteiger partial charge >= 0.3 is 0 Å². The van der Waals surface area contributed by atoms with Crippen molar-refractivity contribution in [1.82, 2.24) is 20.1 Å². The molecular formula is C20H19Br2N5O2S. The highest BCUT2D eigenvalue weighted by Gasteiger charge is 2.20. The van der Waals surface area contributed by atoms with E-state index in [4.69, 9.17) is 0 Å². The fourth-order valence-corrected chi connectivity index (χ4v) is 4.29. The lowest BCUT2D eigenvalue weighted by molar-refractivity contribution is -0.113. The van der Waals surface area contributed by atoms with Crippen molar-refractivity contribution in [2.45, 2.75) is 18.1 Å². The second-order valence-corrected chi connectivity index (χ2v) is 9.13. The average Bonchev–Trinajstić information content (AvgIpc) is 3.07. The van der Waals surface area contributed by atoms with E-state index in [1.54, 1.807) is 16.7 Å². The van der Waals surface area contributed by atoms with Gasteiger partial charge in [-0.25, -0.2) is 0 Å². The molecule has 0 saturated carbocycles. The highest BCUT2D eigenvalue weighted by Crippen LogP contribution is 2.22. The molecule has 1 aromatic heterocycles. The van der Waals surface area contributed by atoms with Crippen molar-refractivity contribution in [3.8, 4) is 0 Å². The summed E-state index contributed by atoms with van der Waals surface area (Å²) in [5.41, 5.74) is 1.27. The van der Waals surface area contributed by atoms with Gasteiger partial charge in [-0.05, 0) is 53.2 Å². The first kappa shape index (κ1) is 22.5. The van der Waals surface area contributed by atoms with Crippen LogP contribution in [0.15, 0.2) is 62.6 Å². The molecule has 3 rings (SSSR count). The molecule has 0 aliphatic carbocycles. The number of benzene rings is 2. The van der Waals surface area contributed by atoms with Gasteiger partial charge in [0.15, 0.2) is 11.0 Å². The molecule has 1 atom stereocenters. The fraction of sp³-hybridized carbons (Fsp3) is 0.200. The first-order chi connectivity index (χ1) is 14.3. The molecule has 2 amide bonds. The van der Waals surface area contributed by atoms with Gasteiger partial charge in [-0.15, -0.1) is 10.2 Å². The molecule has 3 aromatic rings. The Hall–Kier alpha value is -2.17. The van der Waals surface area contributed by atoms with E-state index in [9.17, 15) is 9.59 Å². The third kappa shape index (κ3) is 5.71. The van der Waals surface area contributed by atoms with Gasteiger partial charge in [0.05, 0.1) is 17.4 Å². The minimum absolute atomic E-state index is 0.141. The van der Waals surface area contributed by atoms with Crippen LogP contribution in [0.25, 0.3) is 0 Å². The zero-order valence-electron chi connectivity index (χ0n) is 16.2. The number of amides is 2. The standard InChI is InChI=1S/C20H19Br2N5O2S/c1-12(23-19(29)15-8-3-4-9-16(15)22)18-25-26-20(27(18)2)30-11-17(28)24-14-7-5-6-13(21)10-14/h3-10,12H,11H2,1-2H3,(H,23,29)(H,24,28). The van der Waals surface area contributed by atoms with E-state index in [0.29, 0.717) is 16.5 Å². The topological polar surface area (TPSA) is 88.9 Å². The zero-order valence-corrected chi connectivity index (χ0v) is 20.2. The lowest BCUT2D eigenvalue weighted by Gasteiger charge is -2.14. The predicted octanol–water partition coefficient (Wildman–Crippen LogP) is 4.56. The quantitative estimate of drug-likeness (QED) is 0.419. The third-order valence-electron chi connectivity index (χ3n) is 4.16. The summed E-state index contributed by atoms with van der Waals surface area (Å²) in [4.78, 5) is 24.7. The van der Waals surface area contributed by atoms with Gasteiger partial charge < -0.3 is 15.2 Å². The minimum Gasteiger partial charge on any atom is -0.342 e. The molecule has 0 saturated heterocycles. The number of aromatic nitrogens is 3. The van der Waals surface area contributed by atoms with Gasteiger partial charge in [-0.3, -0.25) is 9.59 Å². The SMILES string of the molecule is CC(NC(=O)c1ccccc1Br)c1nnc(SCC(=O)Nc2cccc(Br)c2)n1C. The van der Waals surface area contributed by atoms with Crippen molar-refractivity contribution in [2.75, 3.05) is 11.1 Å². The second kappa shape index (κ2) is 10.2. The van der Waals surface area contributed by atoms with Gasteiger partial charge in [-0.2, -0.15) is 0 Å². The number of anilines is 1. The highest BCUT2D eigenvalue weighted by molar-refractivity contribution is 9.10. The first-order valence-corrected chi connectivity index (χ1v) is 11.5. The molecule has 30 heavy (non-hydrogen) atoms. The van der Waals surface area contributed by atoms with Crippen molar-refractivity contribution in [3.05, 3.63) is 68.9 Å². The average molecular weight is 553 g/mol. The summed E-state index contributed by atoms with van der Waals surface area (Å²) in [7, 11) is 1.81. The Morgan fingerprint density at radius 1 is 1.13 bits per heavy atom. The Kier molecular flexibility index (Phi) is 7.68. The van der Waals surface area contributed by atoms with Crippen LogP contribution in [0.5, 0.6) is 0 Å². The van der Waals surface area contributed by atoms with E-state index >= 15 is 0 Å². The number of carbonyl (C=O) groups is 2. The van der Waals surface area contributed by atoms with Crippen molar-refractivity contribution in [3.63, 3.8) is 0 Å². The molecule has 0 radical (unpaired) electrons. The summed E-state index contributed by atoms with van der Waals surface area (Å²) in [6.07, 6.45) is 0. The fourth-order valence-electron chi connectivity index (χ4n) is 2.71. The molecule has 0 aliphatic heterocycles. The number of nitrogens with zero attached hydrogens (tertiary/aromatic N) is 3. The number of thioether (sulfide) groups is 1. The van der Waals surface area contributed by atoms with Gasteiger partial charge in [0.1, 0.15) is 0 Å². The van der Waals surface area contributed by atoms with Crippen LogP contribution in [0.1, 0.15) is 29.1 Å². The summed E-state index contributed by atoms with van der Waals surface area (Å²) in [6, 6.07) is 14.3. The van der Waals surface area contributed by atoms with Gasteiger partial charge in [0, 0.05) is 21.7 Å². The molecule has 1 heterocycles. The number of hydrogen-bond donors (Lipinski definition) is 2. The van der Waals surface area contributed by atoms with E-state index in [-0.39, 0.29) is 23.6 Å². The number of rotatable bonds is 7. The number of nitrogens with one attached hydrogen (secondary N) is 2. The number of halogens is 2. The van der Waals surface area contributed by atoms with Crippen LogP contribution in [0.3, 0.4) is 0 Å². The van der Waals surface area contributed by atoms with Crippen molar-refractivity contribution >= 4 is 61.1 Å². The smallest absolute Gasteiger partial charge is 0.253 e. The van der Waals surface area contributed by atoms with E-state index in [1.165, 1.54) is 11.8 Å². The van der Waals surface area contributed by atoms with E-state index < -0.39 is 0 Å². The monoisotopic (exact) mass is 551 g/mol. The maximum Gasteiger partial charge on any atom is 0.253 e. The van der Waals surface area contributed by atoms with Crippen LogP contribution < -0.4 is 10.6 Å². The largest absolute Gasteiger partial charge is 0.342 e. The summed E-state index contributed by atoms with van der Waals surface area (Å²) >= 11 is 8.04. The summed E-state index contributed by atoms with van der Waals surface area (Å²) in [6.45, 7) is 1.84. The van der Waals surface area contributed by atoms with Crippen molar-refractivity contribution in [2.24, 2.45) is 7.05 Å². The molecule has 2 N–H and O–H groups in total. The van der Waals surface area contributed by atoms with Crippen LogP contribution in [0, 0.1) is 0 Å². The van der Waals surface area contributed by atoms with Gasteiger partial charge in [-0.1, -0.05) is 45.9 Å². The maximum absolute atomic E-state index is 12.5. The van der Waals surface area contributed by atoms with Gasteiger partial charge in [0.2, 0.25) is 5.91 Å². The third-order valence-corrected chi connectivity index (χ3v) is 6.37. The van der Waals surface area contributed by atoms with Crippen LogP contribution in [0.4, 0.5) is 5.69 Å². The normalized spacial score (nSPS) is 11.7. The Balaban J connectivity index is 1.59. The highest BCUT2D eigenvalue weighted by atomic mass is 79.9. The van der Waals surface area contributed by atoms with Crippen LogP contribution >= 0.6 is 43.6 Å². The number of hydrogen-bond acceptors (Lipinski definition) is 5. The lowest BCUT2D eigenvalue weighted by Crippen LogP contribution is -2.28. The Bertz CT molecular complexity index is 1070. The summed E-state index contributed by atoms with van der Waals surface area (Å²) in [5, 5.41) is 14.7. The lowest BCUT2D eigenvalue weighted by atomic mass is 10.2. The Morgan fingerprint density at radius 2 is 1.90 bits per heavy atom. The van der Waals surface area contributed by atoms with Crippen molar-refractivity contribution in [1.29, 1.82) is 0 Å². The Labute approximate surface area is 195 Å². The molecule has 7 nitrogen and oxygen atoms in total. The predicted molar refractivity (Wildman–Crippen MR) is 125 cm³/mol. The van der Waals surface area contributed by atoms with E-state index in [1.807, 2.05) is 50.4 Å². The van der Waals surface area contributed by atoms with E-state index in [0.717, 1.165) is 14.6 Å². The summed E-state index contributed by atoms with van der Waals surface area (Å²) in [5.74, 6) is 0.444. The van der Waals surface area contributed by atoms with Crippen LogP contribution in [-0.4, -0.2) is 32.3 Å². The number of carbonyl (C=O) groups excluding carboxylic acids is 2. The first-order valence-electron chi connectivity index (χ1n) is 8.98. The van der Waals surface area contributed by atoms with Crippen LogP contribution in [-0.2, 0) is 11.8 Å². The molecular weight excluding hydrogens is 534 g/mol. The molecule has 1 unspecified atom stereocenters. The molecule has 0 aliphatic rings.